The Hall–Kier alpha value is -3.71. The summed E-state index contributed by atoms with van der Waals surface area (Å²) in [5.74, 6) is -0.911. The molecule has 2 aromatic carbocycles. The fraction of sp³-hybridized carbons (Fsp3) is 0.500. The highest BCUT2D eigenvalue weighted by Gasteiger charge is 2.52. The van der Waals surface area contributed by atoms with Gasteiger partial charge in [-0.05, 0) is 79.6 Å². The van der Waals surface area contributed by atoms with Crippen molar-refractivity contribution < 1.29 is 31.4 Å². The molecule has 0 bridgehead atoms. The van der Waals surface area contributed by atoms with Gasteiger partial charge in [-0.1, -0.05) is 13.0 Å². The number of halogens is 3. The molecule has 0 aliphatic carbocycles. The van der Waals surface area contributed by atoms with Gasteiger partial charge in [0.1, 0.15) is 41.4 Å². The summed E-state index contributed by atoms with van der Waals surface area (Å²) in [5, 5.41) is 11.8. The van der Waals surface area contributed by atoms with Gasteiger partial charge in [0.15, 0.2) is 15.7 Å². The standard InChI is InChI=1S/C34H36F3N5O4S/c1-2-23-26(36)6-5-20-13-22(43)14-24(27(20)23)29-28(37)30-25(16-38-29)31(41-11-9-34(18-41)8-4-12-47(34,44)45)40-32(39-30)46-19-33-7-3-10-42(33)17-21(35)15-33/h5-6,13-14,16,21,43H,2-4,7-12,15,17-19H2,1H3/t21-,33+,34?/m1/s1. The molecule has 4 fully saturated rings. The SMILES string of the molecule is CCc1c(F)ccc2cc(O)cc(-c3ncc4c(N5CCC6(CCCS6(=O)=O)C5)nc(OC[C@@]56CCCN5C[C@H](F)C6)nc4c3F)c12. The van der Waals surface area contributed by atoms with Gasteiger partial charge >= 0.3 is 6.01 Å². The van der Waals surface area contributed by atoms with E-state index in [1.165, 1.54) is 30.5 Å². The van der Waals surface area contributed by atoms with E-state index >= 15 is 4.39 Å². The van der Waals surface area contributed by atoms with Crippen LogP contribution < -0.4 is 9.64 Å². The number of benzene rings is 2. The normalized spacial score (nSPS) is 27.1. The van der Waals surface area contributed by atoms with Gasteiger partial charge in [-0.3, -0.25) is 9.88 Å². The third kappa shape index (κ3) is 4.74. The van der Waals surface area contributed by atoms with E-state index in [-0.39, 0.29) is 52.8 Å². The lowest BCUT2D eigenvalue weighted by molar-refractivity contribution is 0.107. The third-order valence-electron chi connectivity index (χ3n) is 11.0. The highest BCUT2D eigenvalue weighted by atomic mass is 32.2. The van der Waals surface area contributed by atoms with E-state index in [9.17, 15) is 22.3 Å². The van der Waals surface area contributed by atoms with Gasteiger partial charge < -0.3 is 14.7 Å². The molecule has 13 heteroatoms. The number of aryl methyl sites for hydroxylation is 1. The van der Waals surface area contributed by atoms with Crippen LogP contribution in [0.2, 0.25) is 0 Å². The van der Waals surface area contributed by atoms with E-state index in [1.807, 2.05) is 4.90 Å². The number of phenolic OH excluding ortho intramolecular Hbond substituents is 1. The lowest BCUT2D eigenvalue weighted by Crippen LogP contribution is -2.43. The zero-order valence-corrected chi connectivity index (χ0v) is 26.9. The number of alkyl halides is 1. The molecule has 0 saturated carbocycles. The smallest absolute Gasteiger partial charge is 0.319 e. The van der Waals surface area contributed by atoms with Crippen LogP contribution in [0.1, 0.15) is 51.0 Å². The van der Waals surface area contributed by atoms with Crippen LogP contribution >= 0.6 is 0 Å². The van der Waals surface area contributed by atoms with Gasteiger partial charge in [0.25, 0.3) is 0 Å². The van der Waals surface area contributed by atoms with Crippen molar-refractivity contribution in [3.63, 3.8) is 0 Å². The molecular formula is C34H36F3N5O4S. The first-order valence-electron chi connectivity index (χ1n) is 16.3. The maximum Gasteiger partial charge on any atom is 0.319 e. The fourth-order valence-electron chi connectivity index (χ4n) is 8.63. The molecule has 3 atom stereocenters. The number of hydrogen-bond donors (Lipinski definition) is 1. The molecule has 0 amide bonds. The van der Waals surface area contributed by atoms with Crippen LogP contribution in [0.15, 0.2) is 30.5 Å². The minimum Gasteiger partial charge on any atom is -0.508 e. The molecule has 1 spiro atoms. The number of sulfone groups is 1. The molecule has 4 aliphatic heterocycles. The summed E-state index contributed by atoms with van der Waals surface area (Å²) in [4.78, 5) is 17.7. The van der Waals surface area contributed by atoms with Crippen LogP contribution in [-0.2, 0) is 16.3 Å². The van der Waals surface area contributed by atoms with Crippen LogP contribution in [0.4, 0.5) is 19.0 Å². The molecule has 0 radical (unpaired) electrons. The summed E-state index contributed by atoms with van der Waals surface area (Å²) < 4.78 is 77.8. The lowest BCUT2D eigenvalue weighted by atomic mass is 9.94. The number of hydrogen-bond acceptors (Lipinski definition) is 9. The number of anilines is 1. The average Bonchev–Trinajstić information content (AvgIpc) is 3.79. The van der Waals surface area contributed by atoms with Crippen molar-refractivity contribution in [1.82, 2.24) is 19.9 Å². The Morgan fingerprint density at radius 3 is 2.74 bits per heavy atom. The summed E-state index contributed by atoms with van der Waals surface area (Å²) in [6, 6.07) is 5.64. The second-order valence-electron chi connectivity index (χ2n) is 13.6. The quantitative estimate of drug-likeness (QED) is 0.285. The van der Waals surface area contributed by atoms with Crippen molar-refractivity contribution in [2.24, 2.45) is 0 Å². The number of nitrogens with zero attached hydrogens (tertiary/aromatic N) is 5. The predicted octanol–water partition coefficient (Wildman–Crippen LogP) is 5.50. The molecular weight excluding hydrogens is 631 g/mol. The first-order valence-corrected chi connectivity index (χ1v) is 18.0. The molecule has 8 rings (SSSR count). The van der Waals surface area contributed by atoms with Crippen LogP contribution in [0.3, 0.4) is 0 Å². The maximum absolute atomic E-state index is 16.9. The molecule has 6 heterocycles. The summed E-state index contributed by atoms with van der Waals surface area (Å²) in [7, 11) is -3.32. The molecule has 4 aliphatic rings. The molecule has 4 aromatic rings. The highest BCUT2D eigenvalue weighted by molar-refractivity contribution is 7.93. The molecule has 4 saturated heterocycles. The predicted molar refractivity (Wildman–Crippen MR) is 172 cm³/mol. The van der Waals surface area contributed by atoms with Crippen LogP contribution in [0.25, 0.3) is 32.9 Å². The molecule has 47 heavy (non-hydrogen) atoms. The number of phenols is 1. The van der Waals surface area contributed by atoms with Crippen LogP contribution in [0, 0.1) is 11.6 Å². The monoisotopic (exact) mass is 667 g/mol. The minimum absolute atomic E-state index is 0.0910. The van der Waals surface area contributed by atoms with Crippen molar-refractivity contribution in [3.8, 4) is 23.0 Å². The second-order valence-corrected chi connectivity index (χ2v) is 16.1. The van der Waals surface area contributed by atoms with Crippen molar-refractivity contribution in [1.29, 1.82) is 0 Å². The highest BCUT2D eigenvalue weighted by Crippen LogP contribution is 2.45. The Labute approximate surface area is 270 Å². The first kappa shape index (κ1) is 30.6. The molecule has 1 N–H and O–H groups in total. The summed E-state index contributed by atoms with van der Waals surface area (Å²) in [6.07, 6.45) is 4.44. The minimum atomic E-state index is -3.32. The van der Waals surface area contributed by atoms with E-state index in [0.717, 1.165) is 19.4 Å². The topological polar surface area (TPSA) is 109 Å². The Morgan fingerprint density at radius 2 is 1.96 bits per heavy atom. The number of aromatic hydroxyl groups is 1. The van der Waals surface area contributed by atoms with E-state index in [0.29, 0.717) is 67.3 Å². The first-order chi connectivity index (χ1) is 22.5. The summed E-state index contributed by atoms with van der Waals surface area (Å²) in [5.41, 5.74) is -0.115. The van der Waals surface area contributed by atoms with Crippen LogP contribution in [0.5, 0.6) is 11.8 Å². The van der Waals surface area contributed by atoms with Gasteiger partial charge in [0.2, 0.25) is 0 Å². The Kier molecular flexibility index (Phi) is 7.11. The van der Waals surface area contributed by atoms with Gasteiger partial charge in [0.05, 0.1) is 21.4 Å². The average molecular weight is 668 g/mol. The fourth-order valence-corrected chi connectivity index (χ4v) is 10.8. The molecule has 248 valence electrons. The third-order valence-corrected chi connectivity index (χ3v) is 13.6. The molecule has 1 unspecified atom stereocenters. The van der Waals surface area contributed by atoms with Crippen molar-refractivity contribution in [2.75, 3.05) is 43.4 Å². The van der Waals surface area contributed by atoms with Crippen molar-refractivity contribution >= 4 is 37.3 Å². The van der Waals surface area contributed by atoms with Gasteiger partial charge in [0, 0.05) is 37.8 Å². The van der Waals surface area contributed by atoms with E-state index in [4.69, 9.17) is 9.72 Å². The summed E-state index contributed by atoms with van der Waals surface area (Å²) in [6.45, 7) is 3.66. The number of pyridine rings is 1. The largest absolute Gasteiger partial charge is 0.508 e. The number of aromatic nitrogens is 3. The van der Waals surface area contributed by atoms with Gasteiger partial charge in [-0.2, -0.15) is 9.97 Å². The Bertz CT molecular complexity index is 2050. The molecule has 2 aromatic heterocycles. The van der Waals surface area contributed by atoms with E-state index < -0.39 is 37.9 Å². The zero-order chi connectivity index (χ0) is 32.7. The molecule has 9 nitrogen and oxygen atoms in total. The number of rotatable bonds is 6. The zero-order valence-electron chi connectivity index (χ0n) is 26.1. The van der Waals surface area contributed by atoms with Gasteiger partial charge in [-0.15, -0.1) is 0 Å². The van der Waals surface area contributed by atoms with Gasteiger partial charge in [-0.25, -0.2) is 21.6 Å². The van der Waals surface area contributed by atoms with Crippen molar-refractivity contribution in [2.45, 2.75) is 68.3 Å². The number of ether oxygens (including phenoxy) is 1. The maximum atomic E-state index is 16.9. The Morgan fingerprint density at radius 1 is 1.11 bits per heavy atom. The van der Waals surface area contributed by atoms with Crippen molar-refractivity contribution in [3.05, 3.63) is 47.7 Å². The lowest BCUT2D eigenvalue weighted by Gasteiger charge is -2.31. The number of fused-ring (bicyclic) bond motifs is 3. The van der Waals surface area contributed by atoms with E-state index in [1.54, 1.807) is 6.92 Å². The van der Waals surface area contributed by atoms with E-state index in [2.05, 4.69) is 14.9 Å². The van der Waals surface area contributed by atoms with Crippen LogP contribution in [-0.4, -0.2) is 88.4 Å². The second kappa shape index (κ2) is 10.9. The Balaban J connectivity index is 1.27. The summed E-state index contributed by atoms with van der Waals surface area (Å²) >= 11 is 0.